The second-order valence-corrected chi connectivity index (χ2v) is 10.4. The highest BCUT2D eigenvalue weighted by molar-refractivity contribution is 7.99. The lowest BCUT2D eigenvalue weighted by Gasteiger charge is -2.22. The van der Waals surface area contributed by atoms with Crippen LogP contribution in [-0.4, -0.2) is 30.1 Å². The molecule has 0 radical (unpaired) electrons. The number of rotatable bonds is 12. The van der Waals surface area contributed by atoms with E-state index in [1.807, 2.05) is 31.5 Å². The lowest BCUT2D eigenvalue weighted by molar-refractivity contribution is 0.0173. The molecule has 3 aromatic rings. The summed E-state index contributed by atoms with van der Waals surface area (Å²) in [6.45, 7) is 3.97. The molecule has 2 aliphatic carbocycles. The van der Waals surface area contributed by atoms with Crippen molar-refractivity contribution in [3.05, 3.63) is 77.1 Å². The summed E-state index contributed by atoms with van der Waals surface area (Å²) in [6, 6.07) is 16.5. The zero-order valence-electron chi connectivity index (χ0n) is 19.5. The van der Waals surface area contributed by atoms with Crippen LogP contribution in [0.15, 0.2) is 65.8 Å². The predicted octanol–water partition coefficient (Wildman–Crippen LogP) is 7.28. The van der Waals surface area contributed by atoms with Crippen LogP contribution in [-0.2, 0) is 21.7 Å². The van der Waals surface area contributed by atoms with Crippen LogP contribution in [0, 0.1) is 0 Å². The van der Waals surface area contributed by atoms with E-state index >= 15 is 0 Å². The van der Waals surface area contributed by atoms with Gasteiger partial charge in [-0.15, -0.1) is 11.8 Å². The van der Waals surface area contributed by atoms with Crippen LogP contribution >= 0.6 is 23.4 Å². The van der Waals surface area contributed by atoms with E-state index in [-0.39, 0.29) is 5.60 Å². The normalized spacial score (nSPS) is 16.4. The molecule has 1 heterocycles. The van der Waals surface area contributed by atoms with Gasteiger partial charge in [-0.1, -0.05) is 29.8 Å². The number of pyridine rings is 1. The standard InChI is InChI=1S/C28H30ClNO3S/c1-2-31-15-16-34-22-9-10-26(29)20(17-22)19-32-28(12-13-28)25-18-30-14-11-23(25)24-5-3-4-6-27(24)33-21-7-8-21/h3-6,9-11,14,17-18,21H,2,7-8,12-13,15-16,19H2,1H3. The first kappa shape index (κ1) is 23.7. The largest absolute Gasteiger partial charge is 0.490 e. The fourth-order valence-corrected chi connectivity index (χ4v) is 5.08. The molecular weight excluding hydrogens is 466 g/mol. The van der Waals surface area contributed by atoms with E-state index in [1.54, 1.807) is 11.8 Å². The van der Waals surface area contributed by atoms with Crippen molar-refractivity contribution in [2.24, 2.45) is 0 Å². The fraction of sp³-hybridized carbons (Fsp3) is 0.393. The first-order valence-electron chi connectivity index (χ1n) is 12.0. The maximum absolute atomic E-state index is 6.59. The molecule has 0 spiro atoms. The molecule has 0 amide bonds. The third kappa shape index (κ3) is 5.60. The van der Waals surface area contributed by atoms with Crippen molar-refractivity contribution in [1.29, 1.82) is 0 Å². The first-order valence-corrected chi connectivity index (χ1v) is 13.4. The highest BCUT2D eigenvalue weighted by atomic mass is 35.5. The SMILES string of the molecule is CCOCCSc1ccc(Cl)c(COC2(c3cnccc3-c3ccccc3OC3CC3)CC2)c1. The Labute approximate surface area is 211 Å². The Balaban J connectivity index is 1.34. The van der Waals surface area contributed by atoms with Crippen LogP contribution in [0.4, 0.5) is 0 Å². The number of nitrogens with zero attached hydrogens (tertiary/aromatic N) is 1. The second kappa shape index (κ2) is 10.7. The van der Waals surface area contributed by atoms with Crippen LogP contribution in [0.5, 0.6) is 5.75 Å². The van der Waals surface area contributed by atoms with E-state index < -0.39 is 0 Å². The monoisotopic (exact) mass is 495 g/mol. The molecule has 34 heavy (non-hydrogen) atoms. The van der Waals surface area contributed by atoms with Gasteiger partial charge in [0.25, 0.3) is 0 Å². The first-order chi connectivity index (χ1) is 16.7. The number of hydrogen-bond donors (Lipinski definition) is 0. The number of benzene rings is 2. The second-order valence-electron chi connectivity index (χ2n) is 8.82. The van der Waals surface area contributed by atoms with Crippen LogP contribution in [0.3, 0.4) is 0 Å². The van der Waals surface area contributed by atoms with Crippen molar-refractivity contribution in [3.8, 4) is 16.9 Å². The molecule has 2 fully saturated rings. The van der Waals surface area contributed by atoms with Gasteiger partial charge in [0, 0.05) is 45.8 Å². The maximum atomic E-state index is 6.59. The number of hydrogen-bond acceptors (Lipinski definition) is 5. The molecule has 2 aromatic carbocycles. The molecule has 2 saturated carbocycles. The van der Waals surface area contributed by atoms with Gasteiger partial charge >= 0.3 is 0 Å². The van der Waals surface area contributed by atoms with E-state index in [0.717, 1.165) is 77.7 Å². The molecule has 0 N–H and O–H groups in total. The van der Waals surface area contributed by atoms with Gasteiger partial charge in [-0.05, 0) is 74.1 Å². The molecule has 178 valence electrons. The van der Waals surface area contributed by atoms with E-state index in [1.165, 1.54) is 4.90 Å². The molecule has 0 bridgehead atoms. The Morgan fingerprint density at radius 1 is 1.09 bits per heavy atom. The van der Waals surface area contributed by atoms with Crippen molar-refractivity contribution >= 4 is 23.4 Å². The molecule has 6 heteroatoms. The summed E-state index contributed by atoms with van der Waals surface area (Å²) in [4.78, 5) is 5.63. The minimum absolute atomic E-state index is 0.336. The molecule has 0 saturated heterocycles. The lowest BCUT2D eigenvalue weighted by atomic mass is 9.96. The molecule has 5 rings (SSSR count). The van der Waals surface area contributed by atoms with Crippen molar-refractivity contribution in [2.75, 3.05) is 19.0 Å². The zero-order valence-corrected chi connectivity index (χ0v) is 21.0. The number of ether oxygens (including phenoxy) is 3. The average Bonchev–Trinajstić information content (AvgIpc) is 3.80. The Morgan fingerprint density at radius 2 is 1.94 bits per heavy atom. The topological polar surface area (TPSA) is 40.6 Å². The van der Waals surface area contributed by atoms with Crippen molar-refractivity contribution in [2.45, 2.75) is 55.8 Å². The van der Waals surface area contributed by atoms with Crippen LogP contribution in [0.2, 0.25) is 5.02 Å². The number of thioether (sulfide) groups is 1. The summed E-state index contributed by atoms with van der Waals surface area (Å²) >= 11 is 8.31. The van der Waals surface area contributed by atoms with Gasteiger partial charge in [0.2, 0.25) is 0 Å². The smallest absolute Gasteiger partial charge is 0.127 e. The zero-order chi connectivity index (χ0) is 23.4. The minimum atomic E-state index is -0.336. The fourth-order valence-electron chi connectivity index (χ4n) is 4.08. The summed E-state index contributed by atoms with van der Waals surface area (Å²) in [5, 5.41) is 0.736. The summed E-state index contributed by atoms with van der Waals surface area (Å²) in [7, 11) is 0. The van der Waals surface area contributed by atoms with Gasteiger partial charge < -0.3 is 14.2 Å². The summed E-state index contributed by atoms with van der Waals surface area (Å²) in [6.07, 6.45) is 8.36. The molecular formula is C28H30ClNO3S. The third-order valence-electron chi connectivity index (χ3n) is 6.23. The van der Waals surface area contributed by atoms with Gasteiger partial charge in [-0.2, -0.15) is 0 Å². The van der Waals surface area contributed by atoms with Crippen molar-refractivity contribution in [3.63, 3.8) is 0 Å². The summed E-state index contributed by atoms with van der Waals surface area (Å²) in [5.41, 5.74) is 4.04. The molecule has 2 aliphatic rings. The molecule has 0 unspecified atom stereocenters. The van der Waals surface area contributed by atoms with Crippen LogP contribution < -0.4 is 4.74 Å². The number of aromatic nitrogens is 1. The van der Waals surface area contributed by atoms with Gasteiger partial charge in [0.05, 0.1) is 24.9 Å². The van der Waals surface area contributed by atoms with Gasteiger partial charge in [-0.3, -0.25) is 4.98 Å². The highest BCUT2D eigenvalue weighted by Gasteiger charge is 2.47. The van der Waals surface area contributed by atoms with Crippen LogP contribution in [0.25, 0.3) is 11.1 Å². The number of halogens is 1. The Hall–Kier alpha value is -2.05. The minimum Gasteiger partial charge on any atom is -0.490 e. The maximum Gasteiger partial charge on any atom is 0.127 e. The van der Waals surface area contributed by atoms with Gasteiger partial charge in [-0.25, -0.2) is 0 Å². The summed E-state index contributed by atoms with van der Waals surface area (Å²) in [5.74, 6) is 1.86. The predicted molar refractivity (Wildman–Crippen MR) is 138 cm³/mol. The van der Waals surface area contributed by atoms with E-state index in [0.29, 0.717) is 12.7 Å². The van der Waals surface area contributed by atoms with E-state index in [2.05, 4.69) is 41.4 Å². The Kier molecular flexibility index (Phi) is 7.45. The molecule has 1 aromatic heterocycles. The third-order valence-corrected chi connectivity index (χ3v) is 7.56. The van der Waals surface area contributed by atoms with E-state index in [4.69, 9.17) is 25.8 Å². The van der Waals surface area contributed by atoms with Gasteiger partial charge in [0.15, 0.2) is 0 Å². The number of para-hydroxylation sites is 1. The van der Waals surface area contributed by atoms with E-state index in [9.17, 15) is 0 Å². The Morgan fingerprint density at radius 3 is 2.74 bits per heavy atom. The molecule has 0 aliphatic heterocycles. The lowest BCUT2D eigenvalue weighted by Crippen LogP contribution is -2.14. The van der Waals surface area contributed by atoms with Crippen LogP contribution in [0.1, 0.15) is 43.7 Å². The van der Waals surface area contributed by atoms with Crippen molar-refractivity contribution < 1.29 is 14.2 Å². The molecule has 4 nitrogen and oxygen atoms in total. The highest BCUT2D eigenvalue weighted by Crippen LogP contribution is 2.53. The van der Waals surface area contributed by atoms with Crippen molar-refractivity contribution in [1.82, 2.24) is 4.98 Å². The summed E-state index contributed by atoms with van der Waals surface area (Å²) < 4.78 is 18.3. The van der Waals surface area contributed by atoms with Gasteiger partial charge in [0.1, 0.15) is 5.75 Å². The average molecular weight is 496 g/mol. The quantitative estimate of drug-likeness (QED) is 0.195. The Bertz CT molecular complexity index is 1130. The molecule has 0 atom stereocenters.